The Kier molecular flexibility index (Phi) is 6.48. The van der Waals surface area contributed by atoms with Crippen molar-refractivity contribution >= 4 is 11.6 Å². The van der Waals surface area contributed by atoms with Crippen LogP contribution in [-0.2, 0) is 11.2 Å². The zero-order chi connectivity index (χ0) is 16.6. The Bertz CT molecular complexity index is 865. The highest BCUT2D eigenvalue weighted by molar-refractivity contribution is 5.81. The summed E-state index contributed by atoms with van der Waals surface area (Å²) in [7, 11) is 3.56. The van der Waals surface area contributed by atoms with Gasteiger partial charge in [0.05, 0.1) is 17.8 Å². The normalized spacial score (nSPS) is 10.1. The second-order valence-electron chi connectivity index (χ2n) is 6.17. The van der Waals surface area contributed by atoms with Gasteiger partial charge in [-0.25, -0.2) is 4.98 Å². The topological polar surface area (TPSA) is 69.1 Å². The molecule has 2 N–H and O–H groups in total. The second kappa shape index (κ2) is 7.94. The van der Waals surface area contributed by atoms with Gasteiger partial charge >= 0.3 is 0 Å². The molecule has 5 heteroatoms. The quantitative estimate of drug-likeness (QED) is 0.734. The number of rotatable bonds is 3. The van der Waals surface area contributed by atoms with Gasteiger partial charge < -0.3 is 14.8 Å². The molecular weight excluding hydrogens is 314 g/mol. The minimum Gasteiger partial charge on any atom is -0.412 e. The number of imidazole rings is 1. The molecule has 0 fully saturated rings. The van der Waals surface area contributed by atoms with Crippen molar-refractivity contribution in [3.63, 3.8) is 0 Å². The summed E-state index contributed by atoms with van der Waals surface area (Å²) < 4.78 is 2.03. The van der Waals surface area contributed by atoms with Crippen LogP contribution < -0.4 is 0 Å². The number of nitrogens with zero attached hydrogens (tertiary/aromatic N) is 3. The van der Waals surface area contributed by atoms with Crippen LogP contribution >= 0.6 is 0 Å². The predicted molar refractivity (Wildman–Crippen MR) is 103 cm³/mol. The number of carbonyl (C=O) groups excluding carboxylic acids is 1. The van der Waals surface area contributed by atoms with Crippen molar-refractivity contribution in [3.05, 3.63) is 59.4 Å². The van der Waals surface area contributed by atoms with Gasteiger partial charge in [-0.15, -0.1) is 0 Å². The largest absolute Gasteiger partial charge is 0.412 e. The Morgan fingerprint density at radius 1 is 1.04 bits per heavy atom. The summed E-state index contributed by atoms with van der Waals surface area (Å²) in [6.45, 7) is 4.11. The highest BCUT2D eigenvalue weighted by Gasteiger charge is 2.18. The third kappa shape index (κ3) is 4.06. The summed E-state index contributed by atoms with van der Waals surface area (Å²) in [4.78, 5) is 18.6. The maximum Gasteiger partial charge on any atom is 0.228 e. The minimum atomic E-state index is 0. The molecule has 0 aliphatic heterocycles. The van der Waals surface area contributed by atoms with Crippen LogP contribution in [0.1, 0.15) is 24.2 Å². The van der Waals surface area contributed by atoms with Crippen LogP contribution in [0.3, 0.4) is 0 Å². The molecule has 1 amide bonds. The van der Waals surface area contributed by atoms with Crippen LogP contribution in [0.5, 0.6) is 0 Å². The molecule has 0 aliphatic carbocycles. The van der Waals surface area contributed by atoms with Crippen molar-refractivity contribution in [3.8, 4) is 11.3 Å². The van der Waals surface area contributed by atoms with Gasteiger partial charge in [0.15, 0.2) is 0 Å². The maximum atomic E-state index is 12.3. The summed E-state index contributed by atoms with van der Waals surface area (Å²) in [6, 6.07) is 12.3. The van der Waals surface area contributed by atoms with E-state index in [1.54, 1.807) is 19.0 Å². The summed E-state index contributed by atoms with van der Waals surface area (Å²) in [5.74, 6) is 0.0710. The van der Waals surface area contributed by atoms with Crippen LogP contribution in [0, 0.1) is 13.8 Å². The van der Waals surface area contributed by atoms with E-state index in [4.69, 9.17) is 4.98 Å². The van der Waals surface area contributed by atoms with E-state index in [1.807, 2.05) is 29.7 Å². The molecule has 0 saturated carbocycles. The predicted octanol–water partition coefficient (Wildman–Crippen LogP) is 3.06. The fraction of sp³-hybridized carbons (Fsp3) is 0.300. The average Bonchev–Trinajstić information content (AvgIpc) is 2.86. The van der Waals surface area contributed by atoms with E-state index in [9.17, 15) is 4.79 Å². The smallest absolute Gasteiger partial charge is 0.228 e. The third-order valence-corrected chi connectivity index (χ3v) is 4.01. The van der Waals surface area contributed by atoms with Crippen molar-refractivity contribution in [1.82, 2.24) is 14.3 Å². The number of pyridine rings is 1. The van der Waals surface area contributed by atoms with E-state index in [2.05, 4.69) is 31.2 Å². The Labute approximate surface area is 149 Å². The van der Waals surface area contributed by atoms with Gasteiger partial charge in [-0.1, -0.05) is 43.3 Å². The first-order valence-electron chi connectivity index (χ1n) is 7.70. The number of hydrogen-bond acceptors (Lipinski definition) is 2. The molecule has 0 aliphatic rings. The molecule has 25 heavy (non-hydrogen) atoms. The number of fused-ring (bicyclic) bond motifs is 1. The fourth-order valence-electron chi connectivity index (χ4n) is 2.61. The first kappa shape index (κ1) is 20.4. The molecule has 0 radical (unpaired) electrons. The van der Waals surface area contributed by atoms with Gasteiger partial charge in [0.1, 0.15) is 5.65 Å². The zero-order valence-corrected chi connectivity index (χ0v) is 14.5. The van der Waals surface area contributed by atoms with E-state index in [0.29, 0.717) is 6.42 Å². The highest BCUT2D eigenvalue weighted by Crippen LogP contribution is 2.26. The van der Waals surface area contributed by atoms with Gasteiger partial charge in [-0.05, 0) is 25.5 Å². The first-order chi connectivity index (χ1) is 11.0. The molecule has 0 atom stereocenters. The lowest BCUT2D eigenvalue weighted by Gasteiger charge is -2.11. The molecular formula is C20H27N3O2. The number of carbonyl (C=O) groups is 1. The van der Waals surface area contributed by atoms with Gasteiger partial charge in [-0.3, -0.25) is 4.79 Å². The summed E-state index contributed by atoms with van der Waals surface area (Å²) in [5, 5.41) is 0. The molecule has 0 saturated heterocycles. The van der Waals surface area contributed by atoms with Gasteiger partial charge in [0, 0.05) is 25.9 Å². The van der Waals surface area contributed by atoms with Crippen molar-refractivity contribution in [2.45, 2.75) is 27.7 Å². The van der Waals surface area contributed by atoms with Gasteiger partial charge in [-0.2, -0.15) is 0 Å². The van der Waals surface area contributed by atoms with Crippen LogP contribution in [-0.4, -0.2) is 39.8 Å². The minimum absolute atomic E-state index is 0. The van der Waals surface area contributed by atoms with Crippen LogP contribution in [0.25, 0.3) is 16.9 Å². The summed E-state index contributed by atoms with van der Waals surface area (Å²) >= 11 is 0. The number of aromatic nitrogens is 2. The van der Waals surface area contributed by atoms with Crippen LogP contribution in [0.4, 0.5) is 0 Å². The van der Waals surface area contributed by atoms with Crippen LogP contribution in [0.15, 0.2) is 42.6 Å². The van der Waals surface area contributed by atoms with E-state index >= 15 is 0 Å². The van der Waals surface area contributed by atoms with E-state index in [0.717, 1.165) is 28.2 Å². The van der Waals surface area contributed by atoms with E-state index in [-0.39, 0.29) is 18.8 Å². The SMILES string of the molecule is C.Cc1ccc(-c2nc3ccc(C)cn3c2CC(=O)N(C)C)cc1.O. The standard InChI is InChI=1S/C19H21N3O.CH4.H2O/c1-13-5-8-15(9-6-13)19-16(11-18(23)21(3)4)22-12-14(2)7-10-17(22)20-19;;/h5-10,12H,11H2,1-4H3;1H4;1H2. The van der Waals surface area contributed by atoms with Crippen LogP contribution in [0.2, 0.25) is 0 Å². The molecule has 2 heterocycles. The molecule has 0 bridgehead atoms. The summed E-state index contributed by atoms with van der Waals surface area (Å²) in [6.07, 6.45) is 2.37. The molecule has 3 rings (SSSR count). The van der Waals surface area contributed by atoms with Crippen molar-refractivity contribution in [1.29, 1.82) is 0 Å². The Morgan fingerprint density at radius 2 is 1.64 bits per heavy atom. The monoisotopic (exact) mass is 341 g/mol. The maximum absolute atomic E-state index is 12.3. The number of amides is 1. The lowest BCUT2D eigenvalue weighted by molar-refractivity contribution is -0.128. The van der Waals surface area contributed by atoms with Crippen molar-refractivity contribution in [2.24, 2.45) is 0 Å². The molecule has 1 aromatic carbocycles. The lowest BCUT2D eigenvalue weighted by Crippen LogP contribution is -2.24. The second-order valence-corrected chi connectivity index (χ2v) is 6.17. The van der Waals surface area contributed by atoms with Gasteiger partial charge in [0.25, 0.3) is 0 Å². The Morgan fingerprint density at radius 3 is 2.24 bits per heavy atom. The highest BCUT2D eigenvalue weighted by atomic mass is 16.2. The zero-order valence-electron chi connectivity index (χ0n) is 14.5. The number of likely N-dealkylation sites (N-methyl/N-ethyl adjacent to an activating group) is 1. The molecule has 3 aromatic rings. The van der Waals surface area contributed by atoms with E-state index in [1.165, 1.54) is 5.56 Å². The van der Waals surface area contributed by atoms with Crippen molar-refractivity contribution in [2.75, 3.05) is 14.1 Å². The molecule has 5 nitrogen and oxygen atoms in total. The van der Waals surface area contributed by atoms with Gasteiger partial charge in [0.2, 0.25) is 5.91 Å². The van der Waals surface area contributed by atoms with Crippen molar-refractivity contribution < 1.29 is 10.3 Å². The molecule has 134 valence electrons. The third-order valence-electron chi connectivity index (χ3n) is 4.01. The fourth-order valence-corrected chi connectivity index (χ4v) is 2.61. The molecule has 0 unspecified atom stereocenters. The number of benzene rings is 1. The van der Waals surface area contributed by atoms with E-state index < -0.39 is 0 Å². The average molecular weight is 341 g/mol. The number of aryl methyl sites for hydroxylation is 2. The number of hydrogen-bond donors (Lipinski definition) is 0. The summed E-state index contributed by atoms with van der Waals surface area (Å²) in [5.41, 5.74) is 6.08. The Hall–Kier alpha value is -2.66. The lowest BCUT2D eigenvalue weighted by atomic mass is 10.1. The first-order valence-corrected chi connectivity index (χ1v) is 7.70. The molecule has 0 spiro atoms. The molecule has 2 aromatic heterocycles. The Balaban J connectivity index is 0.00000156.